The van der Waals surface area contributed by atoms with E-state index in [1.807, 2.05) is 55.5 Å². The predicted octanol–water partition coefficient (Wildman–Crippen LogP) is 3.53. The second kappa shape index (κ2) is 6.00. The van der Waals surface area contributed by atoms with Gasteiger partial charge in [0.25, 0.3) is 5.91 Å². The highest BCUT2D eigenvalue weighted by molar-refractivity contribution is 14.1. The number of hydrogen-bond donors (Lipinski definition) is 1. The maximum Gasteiger partial charge on any atom is 0.252 e. The van der Waals surface area contributed by atoms with Gasteiger partial charge in [-0.2, -0.15) is 0 Å². The molecule has 0 aliphatic heterocycles. The van der Waals surface area contributed by atoms with E-state index in [-0.39, 0.29) is 5.91 Å². The first kappa shape index (κ1) is 13.1. The Hall–Kier alpha value is -1.36. The molecule has 2 aromatic carbocycles. The number of benzene rings is 2. The molecule has 1 N–H and O–H groups in total. The van der Waals surface area contributed by atoms with Crippen molar-refractivity contribution < 1.29 is 4.79 Å². The monoisotopic (exact) mass is 351 g/mol. The lowest BCUT2D eigenvalue weighted by molar-refractivity contribution is 0.0950. The number of carbonyl (C=O) groups excluding carboxylic acids is 1. The van der Waals surface area contributed by atoms with Crippen molar-refractivity contribution in [3.8, 4) is 0 Å². The van der Waals surface area contributed by atoms with Gasteiger partial charge in [0.2, 0.25) is 0 Å². The third-order valence-electron chi connectivity index (χ3n) is 2.67. The van der Waals surface area contributed by atoms with E-state index in [0.29, 0.717) is 6.54 Å². The highest BCUT2D eigenvalue weighted by atomic mass is 127. The fourth-order valence-corrected chi connectivity index (χ4v) is 2.59. The third-order valence-corrected chi connectivity index (χ3v) is 3.56. The Morgan fingerprint density at radius 2 is 1.89 bits per heavy atom. The minimum absolute atomic E-state index is 0.0248. The summed E-state index contributed by atoms with van der Waals surface area (Å²) in [7, 11) is 0. The summed E-state index contributed by atoms with van der Waals surface area (Å²) in [5.41, 5.74) is 3.00. The smallest absolute Gasteiger partial charge is 0.252 e. The van der Waals surface area contributed by atoms with Crippen molar-refractivity contribution in [3.63, 3.8) is 0 Å². The summed E-state index contributed by atoms with van der Waals surface area (Å²) in [6, 6.07) is 15.7. The molecule has 2 rings (SSSR count). The molecule has 0 saturated carbocycles. The SMILES string of the molecule is Cc1ccc(C(=O)NCc2ccccc2)c(I)c1. The highest BCUT2D eigenvalue weighted by Crippen LogP contribution is 2.14. The van der Waals surface area contributed by atoms with Crippen molar-refractivity contribution >= 4 is 28.5 Å². The molecule has 0 heterocycles. The van der Waals surface area contributed by atoms with Gasteiger partial charge < -0.3 is 5.32 Å². The summed E-state index contributed by atoms with van der Waals surface area (Å²) in [6.45, 7) is 2.58. The minimum Gasteiger partial charge on any atom is -0.348 e. The van der Waals surface area contributed by atoms with E-state index < -0.39 is 0 Å². The average Bonchev–Trinajstić information content (AvgIpc) is 2.37. The molecule has 2 aromatic rings. The Bertz CT molecular complexity index is 552. The largest absolute Gasteiger partial charge is 0.348 e. The van der Waals surface area contributed by atoms with Crippen LogP contribution in [-0.2, 0) is 6.54 Å². The molecule has 0 spiro atoms. The second-order valence-corrected chi connectivity index (χ2v) is 5.31. The van der Waals surface area contributed by atoms with E-state index in [9.17, 15) is 4.79 Å². The van der Waals surface area contributed by atoms with Crippen molar-refractivity contribution in [2.45, 2.75) is 13.5 Å². The minimum atomic E-state index is -0.0248. The number of carbonyl (C=O) groups is 1. The Kier molecular flexibility index (Phi) is 4.36. The first-order valence-electron chi connectivity index (χ1n) is 5.75. The summed E-state index contributed by atoms with van der Waals surface area (Å²) < 4.78 is 0.984. The summed E-state index contributed by atoms with van der Waals surface area (Å²) in [5, 5.41) is 2.93. The van der Waals surface area contributed by atoms with E-state index in [4.69, 9.17) is 0 Å². The number of hydrogen-bond acceptors (Lipinski definition) is 1. The predicted molar refractivity (Wildman–Crippen MR) is 81.5 cm³/mol. The van der Waals surface area contributed by atoms with Crippen LogP contribution in [0.2, 0.25) is 0 Å². The van der Waals surface area contributed by atoms with Crippen LogP contribution in [0.25, 0.3) is 0 Å². The summed E-state index contributed by atoms with van der Waals surface area (Å²) in [6.07, 6.45) is 0. The molecule has 0 aromatic heterocycles. The molecule has 0 atom stereocenters. The fraction of sp³-hybridized carbons (Fsp3) is 0.133. The van der Waals surface area contributed by atoms with Crippen molar-refractivity contribution in [2.24, 2.45) is 0 Å². The summed E-state index contributed by atoms with van der Waals surface area (Å²) in [4.78, 5) is 12.0. The molecule has 0 bridgehead atoms. The van der Waals surface area contributed by atoms with Crippen LogP contribution in [0.3, 0.4) is 0 Å². The first-order chi connectivity index (χ1) is 8.66. The van der Waals surface area contributed by atoms with Crippen LogP contribution in [0.15, 0.2) is 48.5 Å². The highest BCUT2D eigenvalue weighted by Gasteiger charge is 2.09. The van der Waals surface area contributed by atoms with Crippen LogP contribution >= 0.6 is 22.6 Å². The average molecular weight is 351 g/mol. The quantitative estimate of drug-likeness (QED) is 0.843. The topological polar surface area (TPSA) is 29.1 Å². The zero-order chi connectivity index (χ0) is 13.0. The lowest BCUT2D eigenvalue weighted by Crippen LogP contribution is -2.23. The van der Waals surface area contributed by atoms with E-state index in [1.54, 1.807) is 0 Å². The van der Waals surface area contributed by atoms with Gasteiger partial charge in [0.1, 0.15) is 0 Å². The van der Waals surface area contributed by atoms with Gasteiger partial charge in [-0.05, 0) is 47.2 Å². The molecular weight excluding hydrogens is 337 g/mol. The number of rotatable bonds is 3. The summed E-state index contributed by atoms with van der Waals surface area (Å²) >= 11 is 2.19. The number of amides is 1. The number of halogens is 1. The lowest BCUT2D eigenvalue weighted by Gasteiger charge is -2.07. The van der Waals surface area contributed by atoms with Crippen molar-refractivity contribution in [2.75, 3.05) is 0 Å². The van der Waals surface area contributed by atoms with Gasteiger partial charge in [0.05, 0.1) is 5.56 Å². The molecule has 0 aliphatic carbocycles. The molecule has 92 valence electrons. The Morgan fingerprint density at radius 3 is 2.56 bits per heavy atom. The van der Waals surface area contributed by atoms with Crippen molar-refractivity contribution in [1.29, 1.82) is 0 Å². The Labute approximate surface area is 121 Å². The maximum atomic E-state index is 12.0. The van der Waals surface area contributed by atoms with Crippen LogP contribution in [0.1, 0.15) is 21.5 Å². The van der Waals surface area contributed by atoms with Crippen LogP contribution in [0.4, 0.5) is 0 Å². The Balaban J connectivity index is 2.04. The number of aryl methyl sites for hydroxylation is 1. The van der Waals surface area contributed by atoms with Gasteiger partial charge in [-0.15, -0.1) is 0 Å². The molecule has 1 amide bonds. The Morgan fingerprint density at radius 1 is 1.17 bits per heavy atom. The third kappa shape index (κ3) is 3.32. The molecule has 0 aliphatic rings. The van der Waals surface area contributed by atoms with Gasteiger partial charge in [-0.3, -0.25) is 4.79 Å². The van der Waals surface area contributed by atoms with E-state index in [2.05, 4.69) is 27.9 Å². The fourth-order valence-electron chi connectivity index (χ4n) is 1.68. The van der Waals surface area contributed by atoms with Crippen molar-refractivity contribution in [1.82, 2.24) is 5.32 Å². The van der Waals surface area contributed by atoms with Crippen LogP contribution in [0.5, 0.6) is 0 Å². The zero-order valence-electron chi connectivity index (χ0n) is 10.1. The van der Waals surface area contributed by atoms with E-state index in [1.165, 1.54) is 5.56 Å². The van der Waals surface area contributed by atoms with Gasteiger partial charge >= 0.3 is 0 Å². The molecule has 18 heavy (non-hydrogen) atoms. The van der Waals surface area contributed by atoms with Gasteiger partial charge in [0, 0.05) is 10.1 Å². The summed E-state index contributed by atoms with van der Waals surface area (Å²) in [5.74, 6) is -0.0248. The van der Waals surface area contributed by atoms with Crippen LogP contribution < -0.4 is 5.32 Å². The number of nitrogens with one attached hydrogen (secondary N) is 1. The van der Waals surface area contributed by atoms with Crippen LogP contribution in [-0.4, -0.2) is 5.91 Å². The molecule has 2 nitrogen and oxygen atoms in total. The lowest BCUT2D eigenvalue weighted by atomic mass is 10.1. The molecular formula is C15H14INO. The zero-order valence-corrected chi connectivity index (χ0v) is 12.3. The maximum absolute atomic E-state index is 12.0. The standard InChI is InChI=1S/C15H14INO/c1-11-7-8-13(14(16)9-11)15(18)17-10-12-5-3-2-4-6-12/h2-9H,10H2,1H3,(H,17,18). The van der Waals surface area contributed by atoms with Gasteiger partial charge in [-0.1, -0.05) is 42.0 Å². The first-order valence-corrected chi connectivity index (χ1v) is 6.83. The normalized spacial score (nSPS) is 10.1. The molecule has 0 unspecified atom stereocenters. The molecule has 0 saturated heterocycles. The molecule has 0 fully saturated rings. The van der Waals surface area contributed by atoms with Gasteiger partial charge in [0.15, 0.2) is 0 Å². The second-order valence-electron chi connectivity index (χ2n) is 4.15. The molecule has 0 radical (unpaired) electrons. The molecule has 3 heteroatoms. The van der Waals surface area contributed by atoms with Crippen molar-refractivity contribution in [3.05, 3.63) is 68.8 Å². The van der Waals surface area contributed by atoms with Gasteiger partial charge in [-0.25, -0.2) is 0 Å². The van der Waals surface area contributed by atoms with Crippen LogP contribution in [0, 0.1) is 10.5 Å². The van der Waals surface area contributed by atoms with E-state index >= 15 is 0 Å². The van der Waals surface area contributed by atoms with E-state index in [0.717, 1.165) is 14.7 Å².